The molecule has 110 valence electrons. The summed E-state index contributed by atoms with van der Waals surface area (Å²) in [5.74, 6) is 1.29. The summed E-state index contributed by atoms with van der Waals surface area (Å²) in [5.41, 5.74) is 0.960. The Hall–Kier alpha value is -1.69. The summed E-state index contributed by atoms with van der Waals surface area (Å²) >= 11 is 3.51. The molecule has 1 heterocycles. The van der Waals surface area contributed by atoms with Gasteiger partial charge in [0.15, 0.2) is 5.82 Å². The quantitative estimate of drug-likeness (QED) is 0.870. The molecule has 0 aliphatic heterocycles. The monoisotopic (exact) mass is 347 g/mol. The van der Waals surface area contributed by atoms with Crippen molar-refractivity contribution in [3.05, 3.63) is 34.9 Å². The fraction of sp³-hybridized carbons (Fsp3) is 0.400. The molecule has 0 unspecified atom stereocenters. The van der Waals surface area contributed by atoms with Crippen molar-refractivity contribution in [3.8, 4) is 0 Å². The second kappa shape index (κ2) is 6.85. The van der Waals surface area contributed by atoms with Crippen LogP contribution in [0.1, 0.15) is 32.1 Å². The third-order valence-electron chi connectivity index (χ3n) is 3.63. The molecule has 2 N–H and O–H groups in total. The van der Waals surface area contributed by atoms with E-state index >= 15 is 0 Å². The van der Waals surface area contributed by atoms with E-state index in [1.54, 1.807) is 6.20 Å². The molecule has 1 aliphatic rings. The van der Waals surface area contributed by atoms with Gasteiger partial charge in [-0.25, -0.2) is 0 Å². The van der Waals surface area contributed by atoms with Crippen molar-refractivity contribution >= 4 is 33.4 Å². The van der Waals surface area contributed by atoms with Gasteiger partial charge in [0.25, 0.3) is 0 Å². The minimum absolute atomic E-state index is 0.472. The van der Waals surface area contributed by atoms with Gasteiger partial charge in [0, 0.05) is 10.5 Å². The summed E-state index contributed by atoms with van der Waals surface area (Å²) in [6.45, 7) is 0. The summed E-state index contributed by atoms with van der Waals surface area (Å²) < 4.78 is 0.991. The minimum atomic E-state index is 0.472. The Morgan fingerprint density at radius 1 is 1.10 bits per heavy atom. The molecular formula is C15H18BrN5. The van der Waals surface area contributed by atoms with Gasteiger partial charge in [0.05, 0.1) is 11.9 Å². The Balaban J connectivity index is 1.69. The van der Waals surface area contributed by atoms with Gasteiger partial charge in [0.1, 0.15) is 0 Å². The Labute approximate surface area is 132 Å². The van der Waals surface area contributed by atoms with Gasteiger partial charge in [-0.15, -0.1) is 5.10 Å². The second-order valence-electron chi connectivity index (χ2n) is 5.25. The predicted octanol–water partition coefficient (Wildman–Crippen LogP) is 4.12. The van der Waals surface area contributed by atoms with Crippen molar-refractivity contribution in [2.24, 2.45) is 0 Å². The Bertz CT molecular complexity index is 598. The highest BCUT2D eigenvalue weighted by Crippen LogP contribution is 2.25. The molecule has 0 spiro atoms. The van der Waals surface area contributed by atoms with Crippen molar-refractivity contribution in [3.63, 3.8) is 0 Å². The van der Waals surface area contributed by atoms with Crippen LogP contribution in [0.15, 0.2) is 34.9 Å². The maximum absolute atomic E-state index is 4.49. The van der Waals surface area contributed by atoms with E-state index in [9.17, 15) is 0 Å². The summed E-state index contributed by atoms with van der Waals surface area (Å²) in [5, 5.41) is 14.7. The SMILES string of the molecule is Brc1ccccc1Nc1cnnc(NC2CCCCC2)n1. The fourth-order valence-corrected chi connectivity index (χ4v) is 2.94. The van der Waals surface area contributed by atoms with E-state index in [2.05, 4.69) is 41.7 Å². The molecule has 3 rings (SSSR count). The summed E-state index contributed by atoms with van der Waals surface area (Å²) in [7, 11) is 0. The van der Waals surface area contributed by atoms with Crippen molar-refractivity contribution in [2.45, 2.75) is 38.1 Å². The number of rotatable bonds is 4. The standard InChI is InChI=1S/C15H18BrN5/c16-12-8-4-5-9-13(12)19-14-10-17-21-15(20-14)18-11-6-2-1-3-7-11/h4-5,8-11H,1-3,6-7H2,(H2,18,19,20,21). The average Bonchev–Trinajstić information content (AvgIpc) is 2.51. The van der Waals surface area contributed by atoms with E-state index in [0.717, 1.165) is 10.2 Å². The zero-order valence-corrected chi connectivity index (χ0v) is 13.3. The van der Waals surface area contributed by atoms with Gasteiger partial charge in [-0.3, -0.25) is 0 Å². The zero-order valence-electron chi connectivity index (χ0n) is 11.7. The van der Waals surface area contributed by atoms with Crippen molar-refractivity contribution in [1.29, 1.82) is 0 Å². The van der Waals surface area contributed by atoms with Crippen LogP contribution in [-0.2, 0) is 0 Å². The van der Waals surface area contributed by atoms with Gasteiger partial charge < -0.3 is 10.6 Å². The highest BCUT2D eigenvalue weighted by Gasteiger charge is 2.14. The first-order chi connectivity index (χ1) is 10.3. The second-order valence-corrected chi connectivity index (χ2v) is 6.10. The zero-order chi connectivity index (χ0) is 14.5. The minimum Gasteiger partial charge on any atom is -0.350 e. The number of nitrogens with zero attached hydrogens (tertiary/aromatic N) is 3. The number of anilines is 3. The highest BCUT2D eigenvalue weighted by atomic mass is 79.9. The number of halogens is 1. The fourth-order valence-electron chi connectivity index (χ4n) is 2.55. The molecule has 5 nitrogen and oxygen atoms in total. The average molecular weight is 348 g/mol. The third-order valence-corrected chi connectivity index (χ3v) is 4.33. The maximum atomic E-state index is 4.49. The maximum Gasteiger partial charge on any atom is 0.244 e. The molecule has 0 amide bonds. The number of para-hydroxylation sites is 1. The molecular weight excluding hydrogens is 330 g/mol. The van der Waals surface area contributed by atoms with Crippen molar-refractivity contribution < 1.29 is 0 Å². The topological polar surface area (TPSA) is 62.7 Å². The van der Waals surface area contributed by atoms with Crippen LogP contribution < -0.4 is 10.6 Å². The van der Waals surface area contributed by atoms with Crippen LogP contribution in [0.25, 0.3) is 0 Å². The van der Waals surface area contributed by atoms with E-state index in [-0.39, 0.29) is 0 Å². The Morgan fingerprint density at radius 2 is 1.90 bits per heavy atom. The molecule has 1 aromatic carbocycles. The first-order valence-corrected chi connectivity index (χ1v) is 8.08. The molecule has 0 bridgehead atoms. The molecule has 1 aromatic heterocycles. The predicted molar refractivity (Wildman–Crippen MR) is 87.7 cm³/mol. The Morgan fingerprint density at radius 3 is 2.71 bits per heavy atom. The van der Waals surface area contributed by atoms with Crippen molar-refractivity contribution in [2.75, 3.05) is 10.6 Å². The van der Waals surface area contributed by atoms with E-state index in [0.29, 0.717) is 17.8 Å². The number of benzene rings is 1. The Kier molecular flexibility index (Phi) is 4.65. The van der Waals surface area contributed by atoms with Crippen LogP contribution in [0.5, 0.6) is 0 Å². The van der Waals surface area contributed by atoms with Gasteiger partial charge in [0.2, 0.25) is 5.95 Å². The van der Waals surface area contributed by atoms with E-state index < -0.39 is 0 Å². The first kappa shape index (κ1) is 14.3. The number of hydrogen-bond acceptors (Lipinski definition) is 5. The molecule has 6 heteroatoms. The lowest BCUT2D eigenvalue weighted by atomic mass is 9.96. The van der Waals surface area contributed by atoms with Crippen LogP contribution in [0.4, 0.5) is 17.5 Å². The molecule has 2 aromatic rings. The molecule has 1 saturated carbocycles. The summed E-state index contributed by atoms with van der Waals surface area (Å²) in [6.07, 6.45) is 7.89. The molecule has 0 atom stereocenters. The van der Waals surface area contributed by atoms with Crippen molar-refractivity contribution in [1.82, 2.24) is 15.2 Å². The lowest BCUT2D eigenvalue weighted by molar-refractivity contribution is 0.460. The van der Waals surface area contributed by atoms with Gasteiger partial charge >= 0.3 is 0 Å². The molecule has 1 fully saturated rings. The van der Waals surface area contributed by atoms with Crippen LogP contribution in [0, 0.1) is 0 Å². The number of aromatic nitrogens is 3. The molecule has 0 radical (unpaired) electrons. The summed E-state index contributed by atoms with van der Waals surface area (Å²) in [4.78, 5) is 4.49. The normalized spacial score (nSPS) is 15.7. The first-order valence-electron chi connectivity index (χ1n) is 7.29. The molecule has 0 saturated heterocycles. The van der Waals surface area contributed by atoms with Gasteiger partial charge in [-0.1, -0.05) is 31.4 Å². The van der Waals surface area contributed by atoms with Crippen LogP contribution >= 0.6 is 15.9 Å². The third kappa shape index (κ3) is 3.91. The van der Waals surface area contributed by atoms with Gasteiger partial charge in [-0.05, 0) is 40.9 Å². The molecule has 21 heavy (non-hydrogen) atoms. The van der Waals surface area contributed by atoms with Crippen LogP contribution in [0.2, 0.25) is 0 Å². The van der Waals surface area contributed by atoms with Gasteiger partial charge in [-0.2, -0.15) is 10.1 Å². The van der Waals surface area contributed by atoms with E-state index in [1.807, 2.05) is 24.3 Å². The largest absolute Gasteiger partial charge is 0.350 e. The number of hydrogen-bond donors (Lipinski definition) is 2. The lowest BCUT2D eigenvalue weighted by Gasteiger charge is -2.22. The van der Waals surface area contributed by atoms with E-state index in [1.165, 1.54) is 32.1 Å². The smallest absolute Gasteiger partial charge is 0.244 e. The van der Waals surface area contributed by atoms with Crippen LogP contribution in [0.3, 0.4) is 0 Å². The lowest BCUT2D eigenvalue weighted by Crippen LogP contribution is -2.23. The molecule has 1 aliphatic carbocycles. The van der Waals surface area contributed by atoms with E-state index in [4.69, 9.17) is 0 Å². The number of nitrogens with one attached hydrogen (secondary N) is 2. The summed E-state index contributed by atoms with van der Waals surface area (Å²) in [6, 6.07) is 8.39. The highest BCUT2D eigenvalue weighted by molar-refractivity contribution is 9.10. The van der Waals surface area contributed by atoms with Crippen LogP contribution in [-0.4, -0.2) is 21.2 Å².